The topological polar surface area (TPSA) is 251 Å². The maximum absolute atomic E-state index is 14.4. The van der Waals surface area contributed by atoms with Crippen molar-refractivity contribution in [1.82, 2.24) is 40.4 Å². The van der Waals surface area contributed by atoms with Gasteiger partial charge in [0.05, 0.1) is 51.8 Å². The number of aliphatic hydroxyl groups excluding tert-OH is 1. The van der Waals surface area contributed by atoms with E-state index < -0.39 is 18.1 Å². The number of thiazole rings is 1. The largest absolute Gasteiger partial charge is 0.507 e. The van der Waals surface area contributed by atoms with E-state index in [9.17, 15) is 19.8 Å². The molecule has 440 valence electrons. The van der Waals surface area contributed by atoms with Gasteiger partial charge in [-0.15, -0.1) is 21.5 Å². The van der Waals surface area contributed by atoms with Crippen LogP contribution < -0.4 is 36.2 Å². The third-order valence-electron chi connectivity index (χ3n) is 18.4. The number of β-amino-alcohol motifs (C(OH)–C–C–N with tert-alkyl or cyclic N) is 1. The van der Waals surface area contributed by atoms with Gasteiger partial charge in [0, 0.05) is 125 Å². The fraction of sp³-hybridized carbons (Fsp3) is 0.532. The number of aromatic nitrogens is 5. The number of aliphatic hydroxyl groups is 1. The zero-order chi connectivity index (χ0) is 57.5. The van der Waals surface area contributed by atoms with E-state index in [1.807, 2.05) is 76.4 Å². The van der Waals surface area contributed by atoms with Gasteiger partial charge in [0.1, 0.15) is 23.8 Å². The van der Waals surface area contributed by atoms with Crippen LogP contribution in [0.15, 0.2) is 83.0 Å². The number of aromatic hydroxyl groups is 1. The first-order chi connectivity index (χ1) is 40.2. The van der Waals surface area contributed by atoms with Crippen molar-refractivity contribution in [3.63, 3.8) is 0 Å². The molecular weight excluding hydrogens is 1070 g/mol. The number of nitrogens with zero attached hydrogens (tertiary/aromatic N) is 10. The number of rotatable bonds is 17. The molecule has 5 aliphatic heterocycles. The van der Waals surface area contributed by atoms with Crippen LogP contribution in [0.2, 0.25) is 0 Å². The second kappa shape index (κ2) is 24.3. The molecule has 6 fully saturated rings. The predicted octanol–water partition coefficient (Wildman–Crippen LogP) is 7.82. The van der Waals surface area contributed by atoms with Crippen molar-refractivity contribution in [2.75, 3.05) is 85.1 Å². The number of hydrogen-bond acceptors (Lipinski definition) is 19. The van der Waals surface area contributed by atoms with Gasteiger partial charge in [-0.3, -0.25) is 9.59 Å². The quantitative estimate of drug-likeness (QED) is 0.0546. The lowest BCUT2D eigenvalue weighted by atomic mass is 9.91. The highest BCUT2D eigenvalue weighted by Gasteiger charge is 2.44. The number of nitrogens with two attached hydrogens (primary N) is 2. The number of fused-ring (bicyclic) bond motifs is 2. The van der Waals surface area contributed by atoms with E-state index in [0.29, 0.717) is 46.2 Å². The number of nitrogen functional groups attached to an aromatic ring is 2. The first-order valence-corrected chi connectivity index (χ1v) is 30.8. The van der Waals surface area contributed by atoms with Crippen molar-refractivity contribution < 1.29 is 33.8 Å². The zero-order valence-electron chi connectivity index (χ0n) is 48.1. The van der Waals surface area contributed by atoms with E-state index in [2.05, 4.69) is 62.4 Å². The fourth-order valence-electron chi connectivity index (χ4n) is 13.6. The molecule has 20 nitrogen and oxygen atoms in total. The average molecular weight is 1150 g/mol. The standard InChI is InChI=1S/C62H79N13O7S/c1-36(2)58(62(79)75-34-44(76)26-53(75)61(78)67-37(3)41-9-10-48(50(63)24-41)59-38(4)66-35-83-59)55-30-56(70-82-55)72-20-12-39(13-21-72)31-71-18-15-45(16-19-71)80-46-27-47(28-46)81-57-25-42(11-17-65-57)74-32-40-14-22-73(33-43(74)23-40)52-29-51(68-69-60(52)64)49-7-5-6-8-54(49)77/h5-11,17,24-25,29-30,35-37,39-40,43-47,53,58,76-77H,12-16,18-23,26-28,31-34,63H2,1-4H3,(H2,64,69)(H,67,78)/t37-,40?,43?,44+,46-,47-,53-,58+/m0/s1. The molecule has 2 aromatic carbocycles. The lowest BCUT2D eigenvalue weighted by Gasteiger charge is -2.41. The molecule has 6 aromatic rings. The number of para-hydroxylation sites is 1. The summed E-state index contributed by atoms with van der Waals surface area (Å²) >= 11 is 1.54. The number of piperidine rings is 2. The summed E-state index contributed by atoms with van der Waals surface area (Å²) in [7, 11) is 0. The number of ether oxygens (including phenoxy) is 2. The van der Waals surface area contributed by atoms with Crippen LogP contribution in [-0.4, -0.2) is 153 Å². The number of pyridine rings is 1. The molecule has 12 rings (SSSR count). The minimum atomic E-state index is -0.836. The number of amides is 2. The van der Waals surface area contributed by atoms with E-state index in [1.165, 1.54) is 16.2 Å². The number of nitrogens with one attached hydrogen (secondary N) is 1. The van der Waals surface area contributed by atoms with Crippen LogP contribution in [0.1, 0.15) is 108 Å². The van der Waals surface area contributed by atoms with Gasteiger partial charge in [-0.25, -0.2) is 9.97 Å². The summed E-state index contributed by atoms with van der Waals surface area (Å²) < 4.78 is 19.1. The Balaban J connectivity index is 0.568. The summed E-state index contributed by atoms with van der Waals surface area (Å²) in [4.78, 5) is 49.5. The minimum Gasteiger partial charge on any atom is -0.507 e. The van der Waals surface area contributed by atoms with E-state index in [4.69, 9.17) is 25.5 Å². The Morgan fingerprint density at radius 3 is 2.39 bits per heavy atom. The van der Waals surface area contributed by atoms with Gasteiger partial charge in [-0.05, 0) is 106 Å². The maximum Gasteiger partial charge on any atom is 0.243 e. The normalized spacial score (nSPS) is 24.2. The second-order valence-electron chi connectivity index (χ2n) is 24.5. The van der Waals surface area contributed by atoms with Crippen molar-refractivity contribution in [2.24, 2.45) is 17.8 Å². The highest BCUT2D eigenvalue weighted by molar-refractivity contribution is 7.13. The van der Waals surface area contributed by atoms with Crippen LogP contribution in [0.25, 0.3) is 21.7 Å². The number of benzene rings is 2. The van der Waals surface area contributed by atoms with Gasteiger partial charge in [0.25, 0.3) is 0 Å². The number of aryl methyl sites for hydroxylation is 1. The summed E-state index contributed by atoms with van der Waals surface area (Å²) in [5.41, 5.74) is 21.2. The third kappa shape index (κ3) is 12.3. The zero-order valence-corrected chi connectivity index (χ0v) is 48.9. The van der Waals surface area contributed by atoms with Crippen molar-refractivity contribution in [2.45, 2.75) is 134 Å². The lowest BCUT2D eigenvalue weighted by molar-refractivity contribution is -0.141. The van der Waals surface area contributed by atoms with Gasteiger partial charge >= 0.3 is 0 Å². The summed E-state index contributed by atoms with van der Waals surface area (Å²) in [6.07, 6.45) is 9.73. The van der Waals surface area contributed by atoms with Crippen molar-refractivity contribution in [3.8, 4) is 33.3 Å². The number of phenolic OH excluding ortho intramolecular Hbond substituents is 1. The van der Waals surface area contributed by atoms with E-state index in [0.717, 1.165) is 143 Å². The van der Waals surface area contributed by atoms with Gasteiger partial charge in [0.15, 0.2) is 17.4 Å². The Kier molecular flexibility index (Phi) is 16.5. The van der Waals surface area contributed by atoms with Crippen molar-refractivity contribution >= 4 is 51.8 Å². The average Bonchev–Trinajstić information content (AvgIpc) is 4.48. The molecule has 2 bridgehead atoms. The van der Waals surface area contributed by atoms with E-state index in [1.54, 1.807) is 17.6 Å². The number of phenols is 1. The van der Waals surface area contributed by atoms with Crippen LogP contribution in [0, 0.1) is 24.7 Å². The van der Waals surface area contributed by atoms with Gasteiger partial charge in [-0.2, -0.15) is 0 Å². The Hall–Kier alpha value is -7.07. The predicted molar refractivity (Wildman–Crippen MR) is 320 cm³/mol. The molecule has 2 amide bonds. The number of carbonyl (C=O) groups is 2. The molecule has 6 aliphatic rings. The number of carbonyl (C=O) groups excluding carboxylic acids is 2. The molecule has 0 radical (unpaired) electrons. The third-order valence-corrected chi connectivity index (χ3v) is 19.3. The number of anilines is 5. The van der Waals surface area contributed by atoms with Crippen LogP contribution >= 0.6 is 11.3 Å². The van der Waals surface area contributed by atoms with Crippen molar-refractivity contribution in [3.05, 3.63) is 95.5 Å². The minimum absolute atomic E-state index is 0.0635. The van der Waals surface area contributed by atoms with Crippen LogP contribution in [-0.2, 0) is 14.3 Å². The molecule has 83 heavy (non-hydrogen) atoms. The highest BCUT2D eigenvalue weighted by Crippen LogP contribution is 2.41. The molecule has 4 aromatic heterocycles. The van der Waals surface area contributed by atoms with Gasteiger partial charge in [-0.1, -0.05) is 43.3 Å². The lowest BCUT2D eigenvalue weighted by Crippen LogP contribution is -2.48. The Bertz CT molecular complexity index is 3250. The molecule has 5 saturated heterocycles. The summed E-state index contributed by atoms with van der Waals surface area (Å²) in [6, 6.07) is 20.1. The second-order valence-corrected chi connectivity index (χ2v) is 25.3. The maximum atomic E-state index is 14.4. The Morgan fingerprint density at radius 2 is 1.63 bits per heavy atom. The molecule has 6 atom stereocenters. The first kappa shape index (κ1) is 56.4. The highest BCUT2D eigenvalue weighted by atomic mass is 32.1. The molecule has 1 aliphatic carbocycles. The Labute approximate surface area is 489 Å². The van der Waals surface area contributed by atoms with Crippen LogP contribution in [0.4, 0.5) is 28.7 Å². The summed E-state index contributed by atoms with van der Waals surface area (Å²) in [5.74, 6) is 2.15. The molecule has 7 N–H and O–H groups in total. The molecule has 0 spiro atoms. The Morgan fingerprint density at radius 1 is 0.831 bits per heavy atom. The first-order valence-electron chi connectivity index (χ1n) is 29.9. The molecular formula is C62H79N13O7S. The molecule has 21 heteroatoms. The van der Waals surface area contributed by atoms with Gasteiger partial charge < -0.3 is 65.5 Å². The number of hydrogen-bond donors (Lipinski definition) is 5. The van der Waals surface area contributed by atoms with Crippen LogP contribution in [0.5, 0.6) is 11.6 Å². The smallest absolute Gasteiger partial charge is 0.243 e. The summed E-state index contributed by atoms with van der Waals surface area (Å²) in [6.45, 7) is 15.4. The van der Waals surface area contributed by atoms with Crippen LogP contribution in [0.3, 0.4) is 0 Å². The van der Waals surface area contributed by atoms with Gasteiger partial charge in [0.2, 0.25) is 17.7 Å². The van der Waals surface area contributed by atoms with Crippen molar-refractivity contribution in [1.29, 1.82) is 0 Å². The SMILES string of the molecule is Cc1ncsc1-c1ccc([C@H](C)NC(=O)[C@@H]2C[C@@H](O)CN2C(=O)[C@@H](c2cc(N3CCC(CN4CCC(O[C@H]5C[C@H](Oc6cc(N7CC8CCN(c9cc(-c%10ccccc%10O)nnc9N)CC7C8)ccn6)C5)CC4)CC3)no2)C(C)C)cc1N. The fourth-order valence-corrected chi connectivity index (χ4v) is 14.5. The van der Waals surface area contributed by atoms with E-state index in [-0.39, 0.29) is 66.8 Å². The monoisotopic (exact) mass is 1150 g/mol. The van der Waals surface area contributed by atoms with E-state index >= 15 is 0 Å². The summed E-state index contributed by atoms with van der Waals surface area (Å²) in [5, 5.41) is 37.5. The molecule has 9 heterocycles. The number of likely N-dealkylation sites (tertiary alicyclic amines) is 2. The molecule has 1 saturated carbocycles. The molecule has 2 unspecified atom stereocenters.